The van der Waals surface area contributed by atoms with Crippen molar-refractivity contribution in [3.63, 3.8) is 0 Å². The van der Waals surface area contributed by atoms with Gasteiger partial charge < -0.3 is 5.32 Å². The molecule has 0 bridgehead atoms. The number of amides is 1. The maximum Gasteiger partial charge on any atom is 0.261 e. The topological polar surface area (TPSA) is 89.3 Å². The first-order chi connectivity index (χ1) is 7.94. The number of carbonyl (C=O) groups excluding carboxylic acids is 1. The highest BCUT2D eigenvalue weighted by Gasteiger charge is 2.11. The predicted molar refractivity (Wildman–Crippen MR) is 68.6 cm³/mol. The number of aryl methyl sites for hydroxylation is 1. The molecule has 0 aliphatic heterocycles. The Hall–Kier alpha value is -0.920. The van der Waals surface area contributed by atoms with E-state index >= 15 is 0 Å². The summed E-state index contributed by atoms with van der Waals surface area (Å²) in [4.78, 5) is 12.4. The normalized spacial score (nSPS) is 11.4. The third-order valence-corrected chi connectivity index (χ3v) is 4.04. The van der Waals surface area contributed by atoms with E-state index < -0.39 is 10.0 Å². The average Bonchev–Trinajstić information content (AvgIpc) is 2.70. The summed E-state index contributed by atoms with van der Waals surface area (Å²) >= 11 is 1.39. The maximum absolute atomic E-state index is 11.7. The van der Waals surface area contributed by atoms with Gasteiger partial charge in [-0.1, -0.05) is 6.92 Å². The summed E-state index contributed by atoms with van der Waals surface area (Å²) < 4.78 is 21.3. The summed E-state index contributed by atoms with van der Waals surface area (Å²) in [5.74, 6) is -0.260. The third kappa shape index (κ3) is 4.84. The van der Waals surface area contributed by atoms with Crippen molar-refractivity contribution in [2.75, 3.05) is 12.3 Å². The van der Waals surface area contributed by atoms with Gasteiger partial charge in [-0.2, -0.15) is 0 Å². The number of nitrogens with two attached hydrogens (primary N) is 1. The van der Waals surface area contributed by atoms with Gasteiger partial charge in [-0.25, -0.2) is 13.6 Å². The molecule has 0 saturated heterocycles. The highest BCUT2D eigenvalue weighted by molar-refractivity contribution is 7.89. The quantitative estimate of drug-likeness (QED) is 0.750. The first-order valence-corrected chi connectivity index (χ1v) is 7.88. The summed E-state index contributed by atoms with van der Waals surface area (Å²) in [7, 11) is -3.44. The fourth-order valence-electron chi connectivity index (χ4n) is 1.37. The minimum absolute atomic E-state index is 0.113. The number of thiophene rings is 1. The Labute approximate surface area is 105 Å². The molecule has 1 aromatic heterocycles. The highest BCUT2D eigenvalue weighted by Crippen LogP contribution is 2.16. The minimum Gasteiger partial charge on any atom is -0.351 e. The first-order valence-electron chi connectivity index (χ1n) is 5.29. The molecular weight excluding hydrogens is 260 g/mol. The largest absolute Gasteiger partial charge is 0.351 e. The number of hydrogen-bond donors (Lipinski definition) is 2. The van der Waals surface area contributed by atoms with Crippen LogP contribution in [0.15, 0.2) is 11.4 Å². The molecule has 1 aromatic rings. The van der Waals surface area contributed by atoms with Crippen LogP contribution in [0.3, 0.4) is 0 Å². The lowest BCUT2D eigenvalue weighted by Gasteiger charge is -2.04. The van der Waals surface area contributed by atoms with Crippen LogP contribution >= 0.6 is 11.3 Å². The summed E-state index contributed by atoms with van der Waals surface area (Å²) in [6.07, 6.45) is 1.14. The van der Waals surface area contributed by atoms with E-state index in [1.807, 2.05) is 18.4 Å². The van der Waals surface area contributed by atoms with Crippen molar-refractivity contribution < 1.29 is 13.2 Å². The van der Waals surface area contributed by atoms with Crippen LogP contribution in [0.2, 0.25) is 0 Å². The fraction of sp³-hybridized carbons (Fsp3) is 0.500. The molecule has 1 amide bonds. The summed E-state index contributed by atoms with van der Waals surface area (Å²) in [5.41, 5.74) is 1.01. The maximum atomic E-state index is 11.7. The molecule has 3 N–H and O–H groups in total. The summed E-state index contributed by atoms with van der Waals surface area (Å²) in [6, 6.07) is 1.92. The molecule has 0 radical (unpaired) electrons. The third-order valence-electron chi connectivity index (χ3n) is 2.23. The molecule has 17 heavy (non-hydrogen) atoms. The van der Waals surface area contributed by atoms with E-state index in [-0.39, 0.29) is 11.7 Å². The Bertz CT molecular complexity index is 479. The van der Waals surface area contributed by atoms with E-state index in [1.165, 1.54) is 11.3 Å². The molecule has 96 valence electrons. The highest BCUT2D eigenvalue weighted by atomic mass is 32.2. The van der Waals surface area contributed by atoms with Gasteiger partial charge >= 0.3 is 0 Å². The fourth-order valence-corrected chi connectivity index (χ4v) is 2.83. The van der Waals surface area contributed by atoms with E-state index in [2.05, 4.69) is 5.32 Å². The molecule has 0 spiro atoms. The van der Waals surface area contributed by atoms with Gasteiger partial charge in [0.05, 0.1) is 10.6 Å². The lowest BCUT2D eigenvalue weighted by atomic mass is 10.2. The Morgan fingerprint density at radius 3 is 2.82 bits per heavy atom. The summed E-state index contributed by atoms with van der Waals surface area (Å²) in [5, 5.41) is 9.41. The van der Waals surface area contributed by atoms with Crippen molar-refractivity contribution in [3.05, 3.63) is 21.9 Å². The van der Waals surface area contributed by atoms with Crippen LogP contribution in [0, 0.1) is 0 Å². The number of rotatable bonds is 6. The molecular formula is C10H16N2O3S2. The van der Waals surface area contributed by atoms with Crippen molar-refractivity contribution in [2.45, 2.75) is 19.8 Å². The monoisotopic (exact) mass is 276 g/mol. The zero-order chi connectivity index (χ0) is 12.9. The molecule has 0 aromatic carbocycles. The second-order valence-electron chi connectivity index (χ2n) is 3.60. The molecule has 1 heterocycles. The van der Waals surface area contributed by atoms with Crippen molar-refractivity contribution in [1.29, 1.82) is 0 Å². The molecule has 0 atom stereocenters. The van der Waals surface area contributed by atoms with Crippen LogP contribution in [-0.4, -0.2) is 26.6 Å². The van der Waals surface area contributed by atoms with Crippen LogP contribution in [0.5, 0.6) is 0 Å². The lowest BCUT2D eigenvalue weighted by Crippen LogP contribution is -2.27. The zero-order valence-electron chi connectivity index (χ0n) is 9.60. The van der Waals surface area contributed by atoms with Crippen LogP contribution in [0.25, 0.3) is 0 Å². The zero-order valence-corrected chi connectivity index (χ0v) is 11.2. The van der Waals surface area contributed by atoms with Crippen LogP contribution in [0.4, 0.5) is 0 Å². The van der Waals surface area contributed by atoms with Crippen LogP contribution in [-0.2, 0) is 16.4 Å². The molecule has 7 heteroatoms. The number of carbonyl (C=O) groups is 1. The smallest absolute Gasteiger partial charge is 0.261 e. The van der Waals surface area contributed by atoms with Gasteiger partial charge in [0.1, 0.15) is 0 Å². The van der Waals surface area contributed by atoms with Crippen molar-refractivity contribution in [1.82, 2.24) is 5.32 Å². The van der Waals surface area contributed by atoms with Gasteiger partial charge in [-0.05, 0) is 29.9 Å². The Balaban J connectivity index is 2.41. The average molecular weight is 276 g/mol. The van der Waals surface area contributed by atoms with E-state index in [1.54, 1.807) is 0 Å². The number of primary sulfonamides is 1. The second kappa shape index (κ2) is 6.13. The molecule has 0 aliphatic rings. The number of nitrogens with one attached hydrogen (secondary N) is 1. The molecule has 5 nitrogen and oxygen atoms in total. The molecule has 0 unspecified atom stereocenters. The van der Waals surface area contributed by atoms with E-state index in [0.29, 0.717) is 17.8 Å². The van der Waals surface area contributed by atoms with Gasteiger partial charge in [0.15, 0.2) is 0 Å². The van der Waals surface area contributed by atoms with E-state index in [0.717, 1.165) is 12.0 Å². The van der Waals surface area contributed by atoms with Crippen LogP contribution in [0.1, 0.15) is 28.6 Å². The summed E-state index contributed by atoms with van der Waals surface area (Å²) in [6.45, 7) is 2.30. The molecule has 1 rings (SSSR count). The Kier molecular flexibility index (Phi) is 5.10. The van der Waals surface area contributed by atoms with Gasteiger partial charge in [0.25, 0.3) is 5.91 Å². The second-order valence-corrected chi connectivity index (χ2v) is 6.26. The van der Waals surface area contributed by atoms with Crippen molar-refractivity contribution in [2.24, 2.45) is 5.14 Å². The van der Waals surface area contributed by atoms with Gasteiger partial charge in [0.2, 0.25) is 10.0 Å². The van der Waals surface area contributed by atoms with Crippen molar-refractivity contribution in [3.8, 4) is 0 Å². The lowest BCUT2D eigenvalue weighted by molar-refractivity contribution is 0.0957. The minimum atomic E-state index is -3.44. The Morgan fingerprint density at radius 2 is 2.24 bits per heavy atom. The van der Waals surface area contributed by atoms with Gasteiger partial charge in [-0.3, -0.25) is 4.79 Å². The van der Waals surface area contributed by atoms with Crippen LogP contribution < -0.4 is 10.5 Å². The molecule has 0 saturated carbocycles. The van der Waals surface area contributed by atoms with E-state index in [4.69, 9.17) is 5.14 Å². The molecule has 0 fully saturated rings. The molecule has 0 aliphatic carbocycles. The van der Waals surface area contributed by atoms with Gasteiger partial charge in [0, 0.05) is 6.54 Å². The van der Waals surface area contributed by atoms with Gasteiger partial charge in [-0.15, -0.1) is 11.3 Å². The Morgan fingerprint density at radius 1 is 1.53 bits per heavy atom. The first kappa shape index (κ1) is 14.1. The predicted octanol–water partition coefficient (Wildman–Crippen LogP) is 0.719. The van der Waals surface area contributed by atoms with Crippen molar-refractivity contribution >= 4 is 27.3 Å². The number of hydrogen-bond acceptors (Lipinski definition) is 4. The standard InChI is InChI=1S/C10H16N2O3S2/c1-2-8-4-6-16-9(8)10(13)12-5-3-7-17(11,14)15/h4,6H,2-3,5,7H2,1H3,(H,12,13)(H2,11,14,15). The SMILES string of the molecule is CCc1ccsc1C(=O)NCCCS(N)(=O)=O. The van der Waals surface area contributed by atoms with E-state index in [9.17, 15) is 13.2 Å². The number of sulfonamides is 1.